The molecule has 0 aliphatic carbocycles. The van der Waals surface area contributed by atoms with Gasteiger partial charge in [-0.2, -0.15) is 0 Å². The molecule has 2 aromatic rings. The van der Waals surface area contributed by atoms with Gasteiger partial charge in [0.25, 0.3) is 0 Å². The lowest BCUT2D eigenvalue weighted by Gasteiger charge is -2.14. The number of carbonyl (C=O) groups excluding carboxylic acids is 1. The van der Waals surface area contributed by atoms with Crippen LogP contribution in [0.3, 0.4) is 0 Å². The van der Waals surface area contributed by atoms with Gasteiger partial charge < -0.3 is 4.74 Å². The van der Waals surface area contributed by atoms with Crippen LogP contribution in [0.4, 0.5) is 0 Å². The van der Waals surface area contributed by atoms with Crippen molar-refractivity contribution in [2.75, 3.05) is 7.11 Å². The molecule has 0 bridgehead atoms. The van der Waals surface area contributed by atoms with Gasteiger partial charge in [0.2, 0.25) is 0 Å². The van der Waals surface area contributed by atoms with Crippen LogP contribution in [0.2, 0.25) is 5.02 Å². The first-order valence-corrected chi connectivity index (χ1v) is 6.91. The summed E-state index contributed by atoms with van der Waals surface area (Å²) < 4.78 is 5.32. The molecule has 2 aromatic carbocycles. The van der Waals surface area contributed by atoms with E-state index in [0.717, 1.165) is 16.9 Å². The number of hydrogen-bond acceptors (Lipinski definition) is 2. The predicted octanol–water partition coefficient (Wildman–Crippen LogP) is 4.41. The molecule has 0 fully saturated rings. The maximum atomic E-state index is 12.4. The summed E-state index contributed by atoms with van der Waals surface area (Å²) >= 11 is 6.01. The van der Waals surface area contributed by atoms with Gasteiger partial charge in [-0.15, -0.1) is 0 Å². The Labute approximate surface area is 124 Å². The topological polar surface area (TPSA) is 26.3 Å². The molecule has 0 N–H and O–H groups in total. The highest BCUT2D eigenvalue weighted by Crippen LogP contribution is 2.26. The minimum Gasteiger partial charge on any atom is -0.496 e. The zero-order valence-corrected chi connectivity index (χ0v) is 12.4. The van der Waals surface area contributed by atoms with Gasteiger partial charge in [-0.3, -0.25) is 4.79 Å². The third-order valence-electron chi connectivity index (χ3n) is 3.27. The molecule has 20 heavy (non-hydrogen) atoms. The molecule has 0 saturated carbocycles. The molecule has 3 heteroatoms. The Morgan fingerprint density at radius 1 is 1.20 bits per heavy atom. The summed E-state index contributed by atoms with van der Waals surface area (Å²) in [6, 6.07) is 14.8. The molecule has 0 aliphatic rings. The van der Waals surface area contributed by atoms with E-state index in [0.29, 0.717) is 11.4 Å². The molecular formula is C17H17ClO2. The Hall–Kier alpha value is -1.80. The molecule has 2 nitrogen and oxygen atoms in total. The van der Waals surface area contributed by atoms with Crippen LogP contribution >= 0.6 is 11.6 Å². The number of carbonyl (C=O) groups is 1. The van der Waals surface area contributed by atoms with Crippen molar-refractivity contribution in [1.82, 2.24) is 0 Å². The first kappa shape index (κ1) is 14.6. The third-order valence-corrected chi connectivity index (χ3v) is 3.51. The number of rotatable bonds is 5. The van der Waals surface area contributed by atoms with E-state index in [4.69, 9.17) is 16.3 Å². The van der Waals surface area contributed by atoms with Gasteiger partial charge >= 0.3 is 0 Å². The van der Waals surface area contributed by atoms with Gasteiger partial charge in [-0.1, -0.05) is 48.9 Å². The van der Waals surface area contributed by atoms with Gasteiger partial charge in [0, 0.05) is 16.5 Å². The first-order valence-electron chi connectivity index (χ1n) is 6.53. The average molecular weight is 289 g/mol. The number of benzene rings is 2. The van der Waals surface area contributed by atoms with Crippen LogP contribution in [0.25, 0.3) is 0 Å². The highest BCUT2D eigenvalue weighted by Gasteiger charge is 2.17. The fraction of sp³-hybridized carbons (Fsp3) is 0.235. The number of methoxy groups -OCH3 is 1. The summed E-state index contributed by atoms with van der Waals surface area (Å²) in [5.41, 5.74) is 1.69. The summed E-state index contributed by atoms with van der Waals surface area (Å²) in [4.78, 5) is 12.4. The van der Waals surface area contributed by atoms with E-state index in [2.05, 4.69) is 0 Å². The van der Waals surface area contributed by atoms with Gasteiger partial charge in [0.1, 0.15) is 5.75 Å². The molecular weight excluding hydrogens is 272 g/mol. The maximum absolute atomic E-state index is 12.4. The van der Waals surface area contributed by atoms with Crippen molar-refractivity contribution in [3.8, 4) is 5.75 Å². The van der Waals surface area contributed by atoms with E-state index in [1.165, 1.54) is 0 Å². The minimum atomic E-state index is -0.121. The molecule has 0 aliphatic heterocycles. The number of Topliss-reactive ketones (excluding diaryl/α,β-unsaturated/α-hetero) is 1. The zero-order valence-electron chi connectivity index (χ0n) is 11.6. The van der Waals surface area contributed by atoms with Crippen LogP contribution in [-0.2, 0) is 6.42 Å². The first-order chi connectivity index (χ1) is 9.61. The second-order valence-electron chi connectivity index (χ2n) is 4.79. The highest BCUT2D eigenvalue weighted by atomic mass is 35.5. The van der Waals surface area contributed by atoms with E-state index >= 15 is 0 Å². The Balaban J connectivity index is 2.17. The summed E-state index contributed by atoms with van der Waals surface area (Å²) in [5, 5.41) is 0.653. The monoisotopic (exact) mass is 288 g/mol. The van der Waals surface area contributed by atoms with Crippen LogP contribution in [0.15, 0.2) is 48.5 Å². The molecule has 1 atom stereocenters. The third kappa shape index (κ3) is 3.40. The largest absolute Gasteiger partial charge is 0.496 e. The normalized spacial score (nSPS) is 11.9. The molecule has 0 spiro atoms. The van der Waals surface area contributed by atoms with E-state index in [-0.39, 0.29) is 11.7 Å². The van der Waals surface area contributed by atoms with Crippen LogP contribution in [0.1, 0.15) is 22.8 Å². The molecule has 0 saturated heterocycles. The highest BCUT2D eigenvalue weighted by molar-refractivity contribution is 6.30. The van der Waals surface area contributed by atoms with Crippen LogP contribution < -0.4 is 4.74 Å². The Kier molecular flexibility index (Phi) is 4.80. The van der Waals surface area contributed by atoms with Gasteiger partial charge in [0.05, 0.1) is 7.11 Å². The van der Waals surface area contributed by atoms with Crippen molar-refractivity contribution < 1.29 is 9.53 Å². The van der Waals surface area contributed by atoms with Crippen molar-refractivity contribution in [2.24, 2.45) is 5.92 Å². The summed E-state index contributed by atoms with van der Waals surface area (Å²) in [6.07, 6.45) is 0.609. The van der Waals surface area contributed by atoms with E-state index in [1.807, 2.05) is 49.4 Å². The summed E-state index contributed by atoms with van der Waals surface area (Å²) in [7, 11) is 1.62. The fourth-order valence-corrected chi connectivity index (χ4v) is 2.41. The smallest absolute Gasteiger partial charge is 0.165 e. The van der Waals surface area contributed by atoms with E-state index in [9.17, 15) is 4.79 Å². The molecule has 0 heterocycles. The fourth-order valence-electron chi connectivity index (χ4n) is 2.22. The quantitative estimate of drug-likeness (QED) is 0.762. The number of halogens is 1. The predicted molar refractivity (Wildman–Crippen MR) is 81.6 cm³/mol. The minimum absolute atomic E-state index is 0.121. The van der Waals surface area contributed by atoms with Gasteiger partial charge in [-0.05, 0) is 30.2 Å². The van der Waals surface area contributed by atoms with Gasteiger partial charge in [-0.25, -0.2) is 0 Å². The lowest BCUT2D eigenvalue weighted by molar-refractivity contribution is 0.0929. The van der Waals surface area contributed by atoms with Crippen LogP contribution in [0, 0.1) is 5.92 Å². The number of hydrogen-bond donors (Lipinski definition) is 0. The molecule has 2 rings (SSSR count). The Bertz CT molecular complexity index is 593. The summed E-state index contributed by atoms with van der Waals surface area (Å²) in [5.74, 6) is 0.777. The Morgan fingerprint density at radius 3 is 2.55 bits per heavy atom. The molecule has 0 amide bonds. The Morgan fingerprint density at radius 2 is 1.90 bits per heavy atom. The van der Waals surface area contributed by atoms with Crippen molar-refractivity contribution in [1.29, 1.82) is 0 Å². The lowest BCUT2D eigenvalue weighted by atomic mass is 9.92. The van der Waals surface area contributed by atoms with Crippen molar-refractivity contribution in [2.45, 2.75) is 13.3 Å². The van der Waals surface area contributed by atoms with Crippen LogP contribution in [0.5, 0.6) is 5.75 Å². The standard InChI is InChI=1S/C17H17ClO2/c1-12(17(19)13-6-4-3-5-7-13)10-14-11-15(18)8-9-16(14)20-2/h3-9,11-12H,10H2,1-2H3. The number of ketones is 1. The molecule has 104 valence electrons. The van der Waals surface area contributed by atoms with Crippen molar-refractivity contribution in [3.05, 3.63) is 64.7 Å². The van der Waals surface area contributed by atoms with Crippen LogP contribution in [-0.4, -0.2) is 12.9 Å². The zero-order chi connectivity index (χ0) is 14.5. The second-order valence-corrected chi connectivity index (χ2v) is 5.23. The van der Waals surface area contributed by atoms with Crippen molar-refractivity contribution >= 4 is 17.4 Å². The SMILES string of the molecule is COc1ccc(Cl)cc1CC(C)C(=O)c1ccccc1. The molecule has 1 unspecified atom stereocenters. The van der Waals surface area contributed by atoms with Crippen molar-refractivity contribution in [3.63, 3.8) is 0 Å². The molecule has 0 radical (unpaired) electrons. The van der Waals surface area contributed by atoms with E-state index in [1.54, 1.807) is 13.2 Å². The van der Waals surface area contributed by atoms with E-state index < -0.39 is 0 Å². The second kappa shape index (κ2) is 6.58. The number of ether oxygens (including phenoxy) is 1. The maximum Gasteiger partial charge on any atom is 0.165 e. The average Bonchev–Trinajstić information content (AvgIpc) is 2.47. The van der Waals surface area contributed by atoms with Gasteiger partial charge in [0.15, 0.2) is 5.78 Å². The lowest BCUT2D eigenvalue weighted by Crippen LogP contribution is -2.14. The summed E-state index contributed by atoms with van der Waals surface area (Å²) in [6.45, 7) is 1.93. The molecule has 0 aromatic heterocycles.